The van der Waals surface area contributed by atoms with Gasteiger partial charge >= 0.3 is 0 Å². The van der Waals surface area contributed by atoms with Crippen molar-refractivity contribution in [1.82, 2.24) is 35.7 Å². The number of fused-ring (bicyclic) bond motifs is 3. The topological polar surface area (TPSA) is 203 Å². The van der Waals surface area contributed by atoms with Gasteiger partial charge in [-0.25, -0.2) is 4.98 Å². The van der Waals surface area contributed by atoms with Gasteiger partial charge in [-0.3, -0.25) is 19.2 Å². The lowest BCUT2D eigenvalue weighted by Gasteiger charge is -2.35. The van der Waals surface area contributed by atoms with Crippen molar-refractivity contribution >= 4 is 62.6 Å². The SMILES string of the molecule is Cc1ncsc1-c1ccc(CNC(=O)[C@@H]2C[C@@H](O)CN2C(=O)[C@@H](NC(=O)CCCCC(=O)Nc2ccc3[nH]c4nnc(-c5ccccc5O)cc4c3c2)C(C)(C)C)cc1. The number of carbonyl (C=O) groups excluding carboxylic acids is 4. The number of aliphatic hydroxyl groups is 1. The van der Waals surface area contributed by atoms with Gasteiger partial charge in [0.25, 0.3) is 0 Å². The predicted molar refractivity (Wildman–Crippen MR) is 227 cm³/mol. The van der Waals surface area contributed by atoms with Crippen LogP contribution in [0.5, 0.6) is 5.75 Å². The first-order valence-electron chi connectivity index (χ1n) is 19.7. The zero-order valence-electron chi connectivity index (χ0n) is 33.4. The number of β-amino-alcohol motifs (C(OH)–C–C–N with tert-alkyl or cyclic N) is 1. The van der Waals surface area contributed by atoms with Crippen LogP contribution in [0.25, 0.3) is 43.6 Å². The summed E-state index contributed by atoms with van der Waals surface area (Å²) in [6.45, 7) is 7.72. The molecule has 0 spiro atoms. The molecule has 6 N–H and O–H groups in total. The molecule has 0 unspecified atom stereocenters. The zero-order chi connectivity index (χ0) is 41.8. The molecular weight excluding hydrogens is 769 g/mol. The van der Waals surface area contributed by atoms with Gasteiger partial charge in [-0.15, -0.1) is 21.5 Å². The first-order valence-corrected chi connectivity index (χ1v) is 20.6. The van der Waals surface area contributed by atoms with Crippen molar-refractivity contribution < 1.29 is 29.4 Å². The van der Waals surface area contributed by atoms with E-state index >= 15 is 0 Å². The number of hydrogen-bond donors (Lipinski definition) is 6. The minimum absolute atomic E-state index is 0.0159. The normalized spacial score (nSPS) is 16.0. The van der Waals surface area contributed by atoms with Crippen LogP contribution in [-0.2, 0) is 25.7 Å². The number of aliphatic hydroxyl groups excluding tert-OH is 1. The fourth-order valence-corrected chi connectivity index (χ4v) is 8.21. The first kappa shape index (κ1) is 41.0. The van der Waals surface area contributed by atoms with Crippen LogP contribution in [-0.4, -0.2) is 83.6 Å². The summed E-state index contributed by atoms with van der Waals surface area (Å²) in [5, 5.41) is 39.8. The zero-order valence-corrected chi connectivity index (χ0v) is 34.2. The number of phenolic OH excluding ortho intramolecular Hbond substituents is 1. The Bertz CT molecular complexity index is 2510. The summed E-state index contributed by atoms with van der Waals surface area (Å²) >= 11 is 1.57. The van der Waals surface area contributed by atoms with Crippen molar-refractivity contribution in [3.05, 3.63) is 89.6 Å². The lowest BCUT2D eigenvalue weighted by Crippen LogP contribution is -2.57. The van der Waals surface area contributed by atoms with E-state index in [1.165, 1.54) is 4.90 Å². The number of likely N-dealkylation sites (tertiary alicyclic amines) is 1. The minimum Gasteiger partial charge on any atom is -0.507 e. The van der Waals surface area contributed by atoms with Gasteiger partial charge in [0, 0.05) is 59.9 Å². The summed E-state index contributed by atoms with van der Waals surface area (Å²) in [5.41, 5.74) is 7.10. The van der Waals surface area contributed by atoms with Crippen LogP contribution in [0, 0.1) is 12.3 Å². The molecule has 1 saturated heterocycles. The maximum Gasteiger partial charge on any atom is 0.246 e. The van der Waals surface area contributed by atoms with Crippen molar-refractivity contribution in [1.29, 1.82) is 0 Å². The highest BCUT2D eigenvalue weighted by Gasteiger charge is 2.44. The van der Waals surface area contributed by atoms with Crippen molar-refractivity contribution in [3.63, 3.8) is 0 Å². The third-order valence-corrected chi connectivity index (χ3v) is 11.6. The molecule has 7 rings (SSSR count). The van der Waals surface area contributed by atoms with E-state index in [0.717, 1.165) is 38.0 Å². The number of amides is 4. The second-order valence-corrected chi connectivity index (χ2v) is 16.9. The Kier molecular flexibility index (Phi) is 12.1. The maximum atomic E-state index is 14.0. The number of anilines is 1. The molecule has 0 radical (unpaired) electrons. The number of phenols is 1. The van der Waals surface area contributed by atoms with Crippen molar-refractivity contribution in [3.8, 4) is 27.4 Å². The number of H-pyrrole nitrogens is 1. The van der Waals surface area contributed by atoms with Crippen LogP contribution in [0.1, 0.15) is 64.1 Å². The molecular formula is C44H48N8O6S. The molecule has 1 aliphatic heterocycles. The third kappa shape index (κ3) is 9.42. The Balaban J connectivity index is 0.903. The molecule has 14 nitrogen and oxygen atoms in total. The van der Waals surface area contributed by atoms with Gasteiger partial charge in [0.2, 0.25) is 23.6 Å². The minimum atomic E-state index is -0.943. The molecule has 6 aromatic rings. The number of para-hydroxylation sites is 1. The molecule has 3 aromatic heterocycles. The van der Waals surface area contributed by atoms with Crippen molar-refractivity contribution in [2.75, 3.05) is 11.9 Å². The number of aromatic amines is 1. The molecule has 0 saturated carbocycles. The number of benzene rings is 3. The number of rotatable bonds is 13. The number of hydrogen-bond acceptors (Lipinski definition) is 10. The quantitative estimate of drug-likeness (QED) is 0.0732. The fourth-order valence-electron chi connectivity index (χ4n) is 7.40. The molecule has 3 aromatic carbocycles. The summed E-state index contributed by atoms with van der Waals surface area (Å²) in [5.74, 6) is -1.25. The third-order valence-electron chi connectivity index (χ3n) is 10.6. The summed E-state index contributed by atoms with van der Waals surface area (Å²) in [6.07, 6.45) is 0.360. The molecule has 3 atom stereocenters. The number of thiazole rings is 1. The Labute approximate surface area is 345 Å². The smallest absolute Gasteiger partial charge is 0.246 e. The van der Waals surface area contributed by atoms with E-state index in [0.29, 0.717) is 35.4 Å². The standard InChI is InChI=1S/C44H48N8O6S/c1-25-39(59-24-46-25)27-15-13-26(14-16-27)22-45-42(57)35-20-29(53)23-52(35)43(58)40(44(2,3)4)49-38(56)12-8-7-11-37(55)47-28-17-18-33-31(19-28)32-21-34(50-51-41(32)48-33)30-9-5-6-10-36(30)54/h5-6,9-10,13-19,21,24,29,35,40,53-54H,7-8,11-12,20,22-23H2,1-4H3,(H,45,57)(H,47,55)(H,48,51)(H,49,56)/t29-,35+,40-/m1/s1. The van der Waals surface area contributed by atoms with Gasteiger partial charge in [0.15, 0.2) is 5.65 Å². The lowest BCUT2D eigenvalue weighted by atomic mass is 9.85. The fraction of sp³-hybridized carbons (Fsp3) is 0.341. The molecule has 4 heterocycles. The Hall–Kier alpha value is -6.19. The average Bonchev–Trinajstić information content (AvgIpc) is 3.93. The monoisotopic (exact) mass is 816 g/mol. The summed E-state index contributed by atoms with van der Waals surface area (Å²) in [7, 11) is 0. The molecule has 1 fully saturated rings. The molecule has 306 valence electrons. The highest BCUT2D eigenvalue weighted by Crippen LogP contribution is 2.33. The number of aryl methyl sites for hydroxylation is 1. The number of aromatic nitrogens is 4. The van der Waals surface area contributed by atoms with Crippen LogP contribution in [0.15, 0.2) is 78.3 Å². The second kappa shape index (κ2) is 17.3. The summed E-state index contributed by atoms with van der Waals surface area (Å²) < 4.78 is 0. The summed E-state index contributed by atoms with van der Waals surface area (Å²) in [4.78, 5) is 63.6. The first-order chi connectivity index (χ1) is 28.2. The van der Waals surface area contributed by atoms with Gasteiger partial charge in [0.05, 0.1) is 27.9 Å². The van der Waals surface area contributed by atoms with Crippen LogP contribution in [0.3, 0.4) is 0 Å². The lowest BCUT2D eigenvalue weighted by molar-refractivity contribution is -0.144. The van der Waals surface area contributed by atoms with Gasteiger partial charge in [0.1, 0.15) is 17.8 Å². The number of unbranched alkanes of at least 4 members (excludes halogenated alkanes) is 1. The molecule has 1 aliphatic rings. The molecule has 0 bridgehead atoms. The van der Waals surface area contributed by atoms with Gasteiger partial charge in [-0.2, -0.15) is 0 Å². The molecule has 0 aliphatic carbocycles. The van der Waals surface area contributed by atoms with Gasteiger partial charge < -0.3 is 36.0 Å². The Morgan fingerprint density at radius 3 is 2.41 bits per heavy atom. The second-order valence-electron chi connectivity index (χ2n) is 16.1. The van der Waals surface area contributed by atoms with E-state index in [4.69, 9.17) is 0 Å². The van der Waals surface area contributed by atoms with E-state index in [9.17, 15) is 29.4 Å². The number of aromatic hydroxyl groups is 1. The van der Waals surface area contributed by atoms with E-state index in [-0.39, 0.29) is 55.8 Å². The molecule has 59 heavy (non-hydrogen) atoms. The van der Waals surface area contributed by atoms with Gasteiger partial charge in [-0.05, 0) is 72.7 Å². The Morgan fingerprint density at radius 1 is 0.949 bits per heavy atom. The van der Waals surface area contributed by atoms with Crippen LogP contribution >= 0.6 is 11.3 Å². The van der Waals surface area contributed by atoms with Crippen molar-refractivity contribution in [2.24, 2.45) is 5.41 Å². The highest BCUT2D eigenvalue weighted by atomic mass is 32.1. The van der Waals surface area contributed by atoms with Gasteiger partial charge in [-0.1, -0.05) is 57.2 Å². The van der Waals surface area contributed by atoms with E-state index in [1.54, 1.807) is 35.6 Å². The molecule has 15 heteroatoms. The van der Waals surface area contributed by atoms with E-state index in [2.05, 4.69) is 36.1 Å². The largest absolute Gasteiger partial charge is 0.507 e. The number of nitrogens with zero attached hydrogens (tertiary/aromatic N) is 4. The maximum absolute atomic E-state index is 14.0. The van der Waals surface area contributed by atoms with E-state index in [1.807, 2.05) is 81.7 Å². The van der Waals surface area contributed by atoms with Crippen LogP contribution in [0.4, 0.5) is 5.69 Å². The number of nitrogens with one attached hydrogen (secondary N) is 4. The number of carbonyl (C=O) groups is 4. The van der Waals surface area contributed by atoms with Crippen LogP contribution in [0.2, 0.25) is 0 Å². The predicted octanol–water partition coefficient (Wildman–Crippen LogP) is 6.22. The van der Waals surface area contributed by atoms with Crippen LogP contribution < -0.4 is 16.0 Å². The van der Waals surface area contributed by atoms with E-state index < -0.39 is 29.5 Å². The van der Waals surface area contributed by atoms with Crippen molar-refractivity contribution in [2.45, 2.75) is 84.5 Å². The molecule has 4 amide bonds. The summed E-state index contributed by atoms with van der Waals surface area (Å²) in [6, 6.07) is 20.3. The highest BCUT2D eigenvalue weighted by molar-refractivity contribution is 7.13. The average molecular weight is 817 g/mol. The Morgan fingerprint density at radius 2 is 1.69 bits per heavy atom.